The fraction of sp³-hybridized carbons (Fsp3) is 0.133. The first kappa shape index (κ1) is 14.1. The second-order valence-corrected chi connectivity index (χ2v) is 7.04. The highest BCUT2D eigenvalue weighted by molar-refractivity contribution is 7.91. The number of rotatable bonds is 2. The Labute approximate surface area is 127 Å². The lowest BCUT2D eigenvalue weighted by Gasteiger charge is -2.09. The minimum Gasteiger partial charge on any atom is -0.424 e. The molecule has 0 saturated heterocycles. The Bertz CT molecular complexity index is 843. The van der Waals surface area contributed by atoms with Gasteiger partial charge in [-0.15, -0.1) is 0 Å². The predicted molar refractivity (Wildman–Crippen MR) is 77.4 cm³/mol. The van der Waals surface area contributed by atoms with Gasteiger partial charge in [0.15, 0.2) is 5.75 Å². The molecule has 2 aromatic rings. The molecule has 0 amide bonds. The minimum atomic E-state index is -3.85. The summed E-state index contributed by atoms with van der Waals surface area (Å²) in [5.74, 6) is -0.817. The Hall–Kier alpha value is -1.85. The summed E-state index contributed by atoms with van der Waals surface area (Å²) in [4.78, 5) is 11.6. The molecule has 0 aromatic heterocycles. The van der Waals surface area contributed by atoms with Crippen molar-refractivity contribution in [3.05, 3.63) is 53.1 Å². The normalized spacial score (nSPS) is 17.4. The molecule has 21 heavy (non-hydrogen) atoms. The number of sulfone groups is 1. The maximum absolute atomic E-state index is 12.8. The molecule has 0 bridgehead atoms. The van der Waals surface area contributed by atoms with Gasteiger partial charge in [-0.25, -0.2) is 8.42 Å². The lowest BCUT2D eigenvalue weighted by atomic mass is 10.0. The van der Waals surface area contributed by atoms with E-state index in [1.54, 1.807) is 31.2 Å². The van der Waals surface area contributed by atoms with E-state index >= 15 is 0 Å². The highest BCUT2D eigenvalue weighted by Gasteiger charge is 2.35. The van der Waals surface area contributed by atoms with Crippen LogP contribution in [0.2, 0.25) is 5.02 Å². The molecule has 3 rings (SSSR count). The molecule has 0 aliphatic carbocycles. The monoisotopic (exact) mass is 322 g/mol. The van der Waals surface area contributed by atoms with Crippen molar-refractivity contribution in [1.29, 1.82) is 0 Å². The largest absolute Gasteiger partial charge is 0.424 e. The van der Waals surface area contributed by atoms with Crippen LogP contribution in [-0.4, -0.2) is 14.4 Å². The van der Waals surface area contributed by atoms with E-state index in [0.717, 1.165) is 0 Å². The van der Waals surface area contributed by atoms with E-state index in [1.165, 1.54) is 18.2 Å². The van der Waals surface area contributed by atoms with Gasteiger partial charge in [0.05, 0.1) is 15.8 Å². The third kappa shape index (κ3) is 2.13. The quantitative estimate of drug-likeness (QED) is 0.629. The molecule has 1 atom stereocenters. The first-order valence-corrected chi connectivity index (χ1v) is 8.13. The smallest absolute Gasteiger partial charge is 0.318 e. The van der Waals surface area contributed by atoms with Crippen molar-refractivity contribution in [3.63, 3.8) is 0 Å². The van der Waals surface area contributed by atoms with Crippen LogP contribution >= 0.6 is 11.6 Å². The van der Waals surface area contributed by atoms with Gasteiger partial charge in [-0.05, 0) is 25.1 Å². The molecular weight excluding hydrogens is 312 g/mol. The molecule has 2 aromatic carbocycles. The van der Waals surface area contributed by atoms with Gasteiger partial charge < -0.3 is 4.74 Å². The first-order valence-electron chi connectivity index (χ1n) is 6.27. The molecule has 108 valence electrons. The number of fused-ring (bicyclic) bond motifs is 1. The number of para-hydroxylation sites is 1. The van der Waals surface area contributed by atoms with Gasteiger partial charge in [0.1, 0.15) is 4.90 Å². The number of esters is 1. The molecule has 4 nitrogen and oxygen atoms in total. The van der Waals surface area contributed by atoms with E-state index in [2.05, 4.69) is 0 Å². The van der Waals surface area contributed by atoms with Crippen molar-refractivity contribution in [2.75, 3.05) is 0 Å². The molecule has 1 aliphatic rings. The van der Waals surface area contributed by atoms with Crippen LogP contribution < -0.4 is 4.74 Å². The average molecular weight is 323 g/mol. The highest BCUT2D eigenvalue weighted by Crippen LogP contribution is 2.42. The Morgan fingerprint density at radius 3 is 2.43 bits per heavy atom. The number of benzene rings is 2. The van der Waals surface area contributed by atoms with Crippen molar-refractivity contribution >= 4 is 27.4 Å². The van der Waals surface area contributed by atoms with Gasteiger partial charge >= 0.3 is 5.97 Å². The molecule has 6 heteroatoms. The summed E-state index contributed by atoms with van der Waals surface area (Å²) in [6.45, 7) is 1.68. The van der Waals surface area contributed by atoms with E-state index in [0.29, 0.717) is 5.56 Å². The maximum atomic E-state index is 12.8. The predicted octanol–water partition coefficient (Wildman–Crippen LogP) is 3.20. The van der Waals surface area contributed by atoms with Crippen molar-refractivity contribution in [2.45, 2.75) is 22.6 Å². The second-order valence-electron chi connectivity index (χ2n) is 4.75. The summed E-state index contributed by atoms with van der Waals surface area (Å²) in [7, 11) is -3.85. The molecule has 0 radical (unpaired) electrons. The third-order valence-corrected chi connectivity index (χ3v) is 5.72. The third-order valence-electron chi connectivity index (χ3n) is 3.45. The first-order chi connectivity index (χ1) is 9.93. The van der Waals surface area contributed by atoms with Crippen LogP contribution in [0, 0.1) is 0 Å². The van der Waals surface area contributed by atoms with E-state index in [9.17, 15) is 13.2 Å². The fourth-order valence-electron chi connectivity index (χ4n) is 2.29. The summed E-state index contributed by atoms with van der Waals surface area (Å²) < 4.78 is 30.6. The summed E-state index contributed by atoms with van der Waals surface area (Å²) in [6.07, 6.45) is 0. The van der Waals surface area contributed by atoms with Crippen molar-refractivity contribution in [3.8, 4) is 5.75 Å². The minimum absolute atomic E-state index is 0.00401. The van der Waals surface area contributed by atoms with Gasteiger partial charge in [-0.1, -0.05) is 35.9 Å². The van der Waals surface area contributed by atoms with Gasteiger partial charge in [0.25, 0.3) is 0 Å². The second kappa shape index (κ2) is 4.86. The van der Waals surface area contributed by atoms with Crippen LogP contribution in [0.15, 0.2) is 52.3 Å². The molecule has 1 unspecified atom stereocenters. The SMILES string of the molecule is CC1C(=O)Oc2c1cccc2S(=O)(=O)c1ccccc1Cl. The van der Waals surface area contributed by atoms with E-state index in [1.807, 2.05) is 0 Å². The summed E-state index contributed by atoms with van der Waals surface area (Å²) in [5, 5.41) is 0.132. The van der Waals surface area contributed by atoms with E-state index < -0.39 is 21.7 Å². The zero-order valence-corrected chi connectivity index (χ0v) is 12.6. The lowest BCUT2D eigenvalue weighted by Crippen LogP contribution is -2.07. The molecular formula is C15H11ClO4S. The molecule has 0 fully saturated rings. The Balaban J connectivity index is 2.24. The Morgan fingerprint density at radius 1 is 1.05 bits per heavy atom. The lowest BCUT2D eigenvalue weighted by molar-refractivity contribution is -0.133. The molecule has 0 N–H and O–H groups in total. The zero-order valence-electron chi connectivity index (χ0n) is 11.0. The van der Waals surface area contributed by atoms with Crippen LogP contribution in [0.5, 0.6) is 5.75 Å². The molecule has 0 saturated carbocycles. The number of ether oxygens (including phenoxy) is 1. The number of hydrogen-bond acceptors (Lipinski definition) is 4. The standard InChI is InChI=1S/C15H11ClO4S/c1-9-10-5-4-8-13(14(10)20-15(9)17)21(18,19)12-7-3-2-6-11(12)16/h2-9H,1H3. The summed E-state index contributed by atoms with van der Waals surface area (Å²) >= 11 is 5.98. The molecule has 1 heterocycles. The molecule has 1 aliphatic heterocycles. The van der Waals surface area contributed by atoms with Crippen molar-refractivity contribution in [2.24, 2.45) is 0 Å². The number of hydrogen-bond donors (Lipinski definition) is 0. The van der Waals surface area contributed by atoms with Gasteiger partial charge in [0, 0.05) is 5.56 Å². The number of carbonyl (C=O) groups excluding carboxylic acids is 1. The van der Waals surface area contributed by atoms with Crippen molar-refractivity contribution < 1.29 is 17.9 Å². The van der Waals surface area contributed by atoms with Gasteiger partial charge in [0.2, 0.25) is 9.84 Å². The van der Waals surface area contributed by atoms with Crippen molar-refractivity contribution in [1.82, 2.24) is 0 Å². The Kier molecular flexibility index (Phi) is 3.26. The number of carbonyl (C=O) groups is 1. The summed E-state index contributed by atoms with van der Waals surface area (Å²) in [6, 6.07) is 10.9. The highest BCUT2D eigenvalue weighted by atomic mass is 35.5. The topological polar surface area (TPSA) is 60.4 Å². The van der Waals surface area contributed by atoms with Crippen LogP contribution in [0.1, 0.15) is 18.4 Å². The Morgan fingerprint density at radius 2 is 1.71 bits per heavy atom. The van der Waals surface area contributed by atoms with Crippen LogP contribution in [-0.2, 0) is 14.6 Å². The maximum Gasteiger partial charge on any atom is 0.318 e. The van der Waals surface area contributed by atoms with E-state index in [-0.39, 0.29) is 20.6 Å². The van der Waals surface area contributed by atoms with E-state index in [4.69, 9.17) is 16.3 Å². The van der Waals surface area contributed by atoms with Gasteiger partial charge in [-0.2, -0.15) is 0 Å². The van der Waals surface area contributed by atoms with Gasteiger partial charge in [-0.3, -0.25) is 4.79 Å². The summed E-state index contributed by atoms with van der Waals surface area (Å²) in [5.41, 5.74) is 0.577. The molecule has 0 spiro atoms. The zero-order chi connectivity index (χ0) is 15.2. The van der Waals surface area contributed by atoms with Crippen LogP contribution in [0.25, 0.3) is 0 Å². The fourth-order valence-corrected chi connectivity index (χ4v) is 4.21. The van der Waals surface area contributed by atoms with Crippen LogP contribution in [0.3, 0.4) is 0 Å². The number of halogens is 1. The van der Waals surface area contributed by atoms with Crippen LogP contribution in [0.4, 0.5) is 0 Å². The average Bonchev–Trinajstić information content (AvgIpc) is 2.74.